The minimum atomic E-state index is -0.0679. The van der Waals surface area contributed by atoms with Crippen LogP contribution < -0.4 is 10.9 Å². The number of aliphatic hydroxyl groups is 1. The zero-order valence-corrected chi connectivity index (χ0v) is 10.7. The molecule has 2 heterocycles. The molecule has 1 aliphatic heterocycles. The van der Waals surface area contributed by atoms with Crippen molar-refractivity contribution >= 4 is 11.6 Å². The van der Waals surface area contributed by atoms with Gasteiger partial charge in [0.2, 0.25) is 5.91 Å². The van der Waals surface area contributed by atoms with Crippen LogP contribution in [0.2, 0.25) is 0 Å². The number of aliphatic hydroxyl groups excluding tert-OH is 1. The van der Waals surface area contributed by atoms with Crippen molar-refractivity contribution in [3.05, 3.63) is 54.1 Å². The van der Waals surface area contributed by atoms with Crippen LogP contribution in [0.5, 0.6) is 0 Å². The highest BCUT2D eigenvalue weighted by Crippen LogP contribution is 2.17. The lowest BCUT2D eigenvalue weighted by molar-refractivity contribution is -0.121. The minimum absolute atomic E-state index is 0.0414. The Kier molecular flexibility index (Phi) is 3.22. The van der Waals surface area contributed by atoms with Crippen LogP contribution in [0.4, 0.5) is 0 Å². The van der Waals surface area contributed by atoms with Crippen molar-refractivity contribution in [3.8, 4) is 5.69 Å². The molecule has 3 N–H and O–H groups in total. The lowest BCUT2D eigenvalue weighted by Gasteiger charge is -2.17. The SMILES string of the molecule is O=C1CC=C(c2ccc(-n3cnc(CO)c3)cc2)NN1. The third kappa shape index (κ3) is 2.41. The summed E-state index contributed by atoms with van der Waals surface area (Å²) in [7, 11) is 0. The highest BCUT2D eigenvalue weighted by atomic mass is 16.3. The van der Waals surface area contributed by atoms with Crippen molar-refractivity contribution in [2.24, 2.45) is 0 Å². The number of imidazole rings is 1. The standard InChI is InChI=1S/C14H14N4O2/c19-8-11-7-18(9-15-11)12-3-1-10(2-4-12)13-5-6-14(20)17-16-13/h1-5,7,9,16,19H,6,8H2,(H,17,20). The first-order chi connectivity index (χ1) is 9.76. The van der Waals surface area contributed by atoms with Gasteiger partial charge in [0.25, 0.3) is 0 Å². The molecule has 0 saturated carbocycles. The predicted octanol–water partition coefficient (Wildman–Crippen LogP) is 0.730. The van der Waals surface area contributed by atoms with Gasteiger partial charge in [-0.2, -0.15) is 0 Å². The first-order valence-electron chi connectivity index (χ1n) is 6.26. The number of rotatable bonds is 3. The number of hydrogen-bond donors (Lipinski definition) is 3. The molecule has 0 radical (unpaired) electrons. The molecule has 2 aromatic rings. The Morgan fingerprint density at radius 2 is 2.05 bits per heavy atom. The number of benzene rings is 1. The Labute approximate surface area is 115 Å². The highest BCUT2D eigenvalue weighted by molar-refractivity contribution is 5.83. The van der Waals surface area contributed by atoms with E-state index >= 15 is 0 Å². The molecule has 6 nitrogen and oxygen atoms in total. The number of amides is 1. The summed E-state index contributed by atoms with van der Waals surface area (Å²) in [5, 5.41) is 9.01. The molecular formula is C14H14N4O2. The maximum atomic E-state index is 11.1. The Morgan fingerprint density at radius 1 is 1.25 bits per heavy atom. The minimum Gasteiger partial charge on any atom is -0.390 e. The zero-order chi connectivity index (χ0) is 13.9. The summed E-state index contributed by atoms with van der Waals surface area (Å²) < 4.78 is 1.85. The van der Waals surface area contributed by atoms with Crippen molar-refractivity contribution in [1.29, 1.82) is 0 Å². The van der Waals surface area contributed by atoms with Crippen LogP contribution in [0.15, 0.2) is 42.9 Å². The van der Waals surface area contributed by atoms with Crippen molar-refractivity contribution in [1.82, 2.24) is 20.4 Å². The smallest absolute Gasteiger partial charge is 0.242 e. The Hall–Kier alpha value is -2.60. The Balaban J connectivity index is 1.82. The van der Waals surface area contributed by atoms with E-state index < -0.39 is 0 Å². The van der Waals surface area contributed by atoms with Gasteiger partial charge < -0.3 is 9.67 Å². The van der Waals surface area contributed by atoms with Crippen LogP contribution >= 0.6 is 0 Å². The average Bonchev–Trinajstić information content (AvgIpc) is 2.97. The monoisotopic (exact) mass is 270 g/mol. The molecule has 0 unspecified atom stereocenters. The van der Waals surface area contributed by atoms with Crippen LogP contribution in [0.3, 0.4) is 0 Å². The van der Waals surface area contributed by atoms with E-state index in [1.54, 1.807) is 12.5 Å². The van der Waals surface area contributed by atoms with Crippen molar-refractivity contribution in [2.45, 2.75) is 13.0 Å². The maximum Gasteiger partial charge on any atom is 0.242 e. The van der Waals surface area contributed by atoms with Gasteiger partial charge in [-0.15, -0.1) is 0 Å². The summed E-state index contributed by atoms with van der Waals surface area (Å²) in [6.07, 6.45) is 5.69. The van der Waals surface area contributed by atoms with E-state index in [0.29, 0.717) is 12.1 Å². The molecule has 0 bridgehead atoms. The topological polar surface area (TPSA) is 79.2 Å². The van der Waals surface area contributed by atoms with Crippen LogP contribution in [-0.2, 0) is 11.4 Å². The fourth-order valence-corrected chi connectivity index (χ4v) is 2.02. The molecule has 0 saturated heterocycles. The molecule has 0 atom stereocenters. The molecule has 6 heteroatoms. The van der Waals surface area contributed by atoms with E-state index in [9.17, 15) is 4.79 Å². The number of carbonyl (C=O) groups is 1. The number of nitrogens with one attached hydrogen (secondary N) is 2. The molecule has 1 aromatic heterocycles. The van der Waals surface area contributed by atoms with Gasteiger partial charge in [0, 0.05) is 18.3 Å². The van der Waals surface area contributed by atoms with Crippen LogP contribution in [0, 0.1) is 0 Å². The van der Waals surface area contributed by atoms with E-state index in [2.05, 4.69) is 15.8 Å². The maximum absolute atomic E-state index is 11.1. The summed E-state index contributed by atoms with van der Waals surface area (Å²) in [5.41, 5.74) is 8.93. The zero-order valence-electron chi connectivity index (χ0n) is 10.7. The van der Waals surface area contributed by atoms with Gasteiger partial charge in [-0.05, 0) is 23.8 Å². The summed E-state index contributed by atoms with van der Waals surface area (Å²) in [5.74, 6) is -0.0414. The van der Waals surface area contributed by atoms with Crippen molar-refractivity contribution in [3.63, 3.8) is 0 Å². The van der Waals surface area contributed by atoms with Gasteiger partial charge in [0.15, 0.2) is 0 Å². The van der Waals surface area contributed by atoms with E-state index in [0.717, 1.165) is 16.9 Å². The molecule has 3 rings (SSSR count). The average molecular weight is 270 g/mol. The Bertz CT molecular complexity index is 658. The predicted molar refractivity (Wildman–Crippen MR) is 73.4 cm³/mol. The van der Waals surface area contributed by atoms with Gasteiger partial charge in [-0.1, -0.05) is 12.1 Å². The molecule has 20 heavy (non-hydrogen) atoms. The number of hydrazine groups is 1. The normalized spacial score (nSPS) is 14.4. The van der Waals surface area contributed by atoms with Crippen LogP contribution in [-0.4, -0.2) is 20.6 Å². The molecule has 1 amide bonds. The first-order valence-corrected chi connectivity index (χ1v) is 6.26. The van der Waals surface area contributed by atoms with Gasteiger partial charge in [0.05, 0.1) is 24.3 Å². The number of hydrogen-bond acceptors (Lipinski definition) is 4. The molecule has 0 aliphatic carbocycles. The summed E-state index contributed by atoms with van der Waals surface area (Å²) in [6, 6.07) is 7.84. The fraction of sp³-hybridized carbons (Fsp3) is 0.143. The van der Waals surface area contributed by atoms with Crippen LogP contribution in [0.1, 0.15) is 17.7 Å². The fourth-order valence-electron chi connectivity index (χ4n) is 2.02. The second kappa shape index (κ2) is 5.18. The number of nitrogens with zero attached hydrogens (tertiary/aromatic N) is 2. The second-order valence-electron chi connectivity index (χ2n) is 4.47. The van der Waals surface area contributed by atoms with Gasteiger partial charge in [-0.25, -0.2) is 4.98 Å². The van der Waals surface area contributed by atoms with Gasteiger partial charge >= 0.3 is 0 Å². The van der Waals surface area contributed by atoms with E-state index in [-0.39, 0.29) is 12.5 Å². The summed E-state index contributed by atoms with van der Waals surface area (Å²) in [6.45, 7) is -0.0679. The number of aromatic nitrogens is 2. The van der Waals surface area contributed by atoms with E-state index in [4.69, 9.17) is 5.11 Å². The molecule has 102 valence electrons. The second-order valence-corrected chi connectivity index (χ2v) is 4.47. The lowest BCUT2D eigenvalue weighted by atomic mass is 10.1. The molecule has 0 fully saturated rings. The summed E-state index contributed by atoms with van der Waals surface area (Å²) >= 11 is 0. The molecule has 1 aromatic carbocycles. The molecule has 0 spiro atoms. The largest absolute Gasteiger partial charge is 0.390 e. The highest BCUT2D eigenvalue weighted by Gasteiger charge is 2.10. The van der Waals surface area contributed by atoms with Crippen LogP contribution in [0.25, 0.3) is 11.4 Å². The Morgan fingerprint density at radius 3 is 2.65 bits per heavy atom. The number of carbonyl (C=O) groups excluding carboxylic acids is 1. The van der Waals surface area contributed by atoms with Gasteiger partial charge in [0.1, 0.15) is 0 Å². The summed E-state index contributed by atoms with van der Waals surface area (Å²) in [4.78, 5) is 15.1. The molecular weight excluding hydrogens is 256 g/mol. The first kappa shape index (κ1) is 12.4. The van der Waals surface area contributed by atoms with Crippen molar-refractivity contribution in [2.75, 3.05) is 0 Å². The quantitative estimate of drug-likeness (QED) is 0.768. The third-order valence-electron chi connectivity index (χ3n) is 3.10. The van der Waals surface area contributed by atoms with E-state index in [1.807, 2.05) is 34.9 Å². The third-order valence-corrected chi connectivity index (χ3v) is 3.10. The lowest BCUT2D eigenvalue weighted by Crippen LogP contribution is -2.38. The van der Waals surface area contributed by atoms with Crippen molar-refractivity contribution < 1.29 is 9.90 Å². The van der Waals surface area contributed by atoms with Gasteiger partial charge in [-0.3, -0.25) is 15.6 Å². The molecule has 1 aliphatic rings. The van der Waals surface area contributed by atoms with E-state index in [1.165, 1.54) is 0 Å².